The number of hydrogen-bond acceptors (Lipinski definition) is 3. The average molecular weight is 318 g/mol. The summed E-state index contributed by atoms with van der Waals surface area (Å²) < 4.78 is 0. The van der Waals surface area contributed by atoms with Gasteiger partial charge in [-0.25, -0.2) is 0 Å². The predicted molar refractivity (Wildman–Crippen MR) is 90.0 cm³/mol. The lowest BCUT2D eigenvalue weighted by molar-refractivity contribution is -0.121. The summed E-state index contributed by atoms with van der Waals surface area (Å²) in [7, 11) is 0. The van der Waals surface area contributed by atoms with Crippen molar-refractivity contribution < 1.29 is 14.7 Å². The summed E-state index contributed by atoms with van der Waals surface area (Å²) in [4.78, 5) is 23.7. The minimum Gasteiger partial charge on any atom is -0.396 e. The molecule has 0 bridgehead atoms. The van der Waals surface area contributed by atoms with E-state index in [1.807, 2.05) is 38.1 Å². The Morgan fingerprint density at radius 2 is 1.87 bits per heavy atom. The summed E-state index contributed by atoms with van der Waals surface area (Å²) in [5.41, 5.74) is 1.57. The molecule has 1 aromatic rings. The Kier molecular flexibility index (Phi) is 5.77. The first-order valence-electron chi connectivity index (χ1n) is 8.17. The molecule has 5 nitrogen and oxygen atoms in total. The first-order chi connectivity index (χ1) is 10.9. The maximum atomic E-state index is 12.0. The fraction of sp³-hybridized carbons (Fsp3) is 0.556. The van der Waals surface area contributed by atoms with E-state index in [9.17, 15) is 9.59 Å². The maximum absolute atomic E-state index is 12.0. The quantitative estimate of drug-likeness (QED) is 0.687. The van der Waals surface area contributed by atoms with Crippen LogP contribution in [0.4, 0.5) is 5.69 Å². The molecule has 1 aromatic carbocycles. The lowest BCUT2D eigenvalue weighted by Crippen LogP contribution is -2.35. The molecule has 5 heteroatoms. The first kappa shape index (κ1) is 17.5. The van der Waals surface area contributed by atoms with Crippen LogP contribution in [0.5, 0.6) is 0 Å². The molecule has 1 saturated carbocycles. The Balaban J connectivity index is 1.78. The number of rotatable bonds is 8. The van der Waals surface area contributed by atoms with Crippen LogP contribution in [-0.4, -0.2) is 30.1 Å². The van der Waals surface area contributed by atoms with E-state index in [-0.39, 0.29) is 29.8 Å². The molecule has 0 saturated heterocycles. The van der Waals surface area contributed by atoms with Crippen LogP contribution in [0.15, 0.2) is 24.3 Å². The van der Waals surface area contributed by atoms with Gasteiger partial charge >= 0.3 is 0 Å². The van der Waals surface area contributed by atoms with Gasteiger partial charge < -0.3 is 15.7 Å². The van der Waals surface area contributed by atoms with Crippen LogP contribution in [-0.2, 0) is 16.0 Å². The lowest BCUT2D eigenvalue weighted by Gasteiger charge is -2.23. The van der Waals surface area contributed by atoms with E-state index in [1.165, 1.54) is 0 Å². The number of aliphatic hydroxyl groups is 1. The van der Waals surface area contributed by atoms with Gasteiger partial charge in [0.05, 0.1) is 6.42 Å². The lowest BCUT2D eigenvalue weighted by atomic mass is 9.89. The summed E-state index contributed by atoms with van der Waals surface area (Å²) in [5, 5.41) is 14.8. The van der Waals surface area contributed by atoms with Crippen molar-refractivity contribution in [1.29, 1.82) is 0 Å². The van der Waals surface area contributed by atoms with Gasteiger partial charge in [-0.15, -0.1) is 0 Å². The molecule has 1 fully saturated rings. The van der Waals surface area contributed by atoms with Crippen molar-refractivity contribution in [3.05, 3.63) is 29.8 Å². The van der Waals surface area contributed by atoms with Crippen molar-refractivity contribution in [3.8, 4) is 0 Å². The van der Waals surface area contributed by atoms with Crippen LogP contribution in [0.2, 0.25) is 0 Å². The van der Waals surface area contributed by atoms with E-state index in [0.29, 0.717) is 19.4 Å². The molecule has 0 heterocycles. The Morgan fingerprint density at radius 3 is 2.43 bits per heavy atom. The molecule has 1 aliphatic carbocycles. The smallest absolute Gasteiger partial charge is 0.227 e. The van der Waals surface area contributed by atoms with Gasteiger partial charge in [0.25, 0.3) is 0 Å². The van der Waals surface area contributed by atoms with Crippen LogP contribution < -0.4 is 10.6 Å². The van der Waals surface area contributed by atoms with Gasteiger partial charge in [0.15, 0.2) is 0 Å². The molecular weight excluding hydrogens is 292 g/mol. The third-order valence-corrected chi connectivity index (χ3v) is 4.09. The molecule has 0 spiro atoms. The van der Waals surface area contributed by atoms with E-state index in [2.05, 4.69) is 10.6 Å². The highest BCUT2D eigenvalue weighted by molar-refractivity contribution is 5.94. The van der Waals surface area contributed by atoms with Gasteiger partial charge in [-0.1, -0.05) is 26.0 Å². The molecule has 0 aromatic heterocycles. The molecule has 3 N–H and O–H groups in total. The van der Waals surface area contributed by atoms with Crippen LogP contribution in [0.25, 0.3) is 0 Å². The topological polar surface area (TPSA) is 78.4 Å². The zero-order valence-corrected chi connectivity index (χ0v) is 13.9. The van der Waals surface area contributed by atoms with Crippen LogP contribution in [0.3, 0.4) is 0 Å². The molecule has 0 atom stereocenters. The average Bonchev–Trinajstić information content (AvgIpc) is 3.32. The number of carbonyl (C=O) groups is 2. The number of nitrogens with one attached hydrogen (secondary N) is 2. The van der Waals surface area contributed by atoms with E-state index >= 15 is 0 Å². The number of amides is 2. The Labute approximate surface area is 137 Å². The van der Waals surface area contributed by atoms with Crippen molar-refractivity contribution in [3.63, 3.8) is 0 Å². The monoisotopic (exact) mass is 318 g/mol. The minimum atomic E-state index is -0.110. The van der Waals surface area contributed by atoms with Crippen molar-refractivity contribution in [2.45, 2.75) is 39.5 Å². The summed E-state index contributed by atoms with van der Waals surface area (Å²) in [6, 6.07) is 7.39. The second-order valence-corrected chi connectivity index (χ2v) is 7.05. The molecule has 0 unspecified atom stereocenters. The van der Waals surface area contributed by atoms with Crippen LogP contribution >= 0.6 is 0 Å². The third-order valence-electron chi connectivity index (χ3n) is 4.09. The standard InChI is InChI=1S/C18H26N2O3/c1-18(2,9-10-21)12-19-16(22)11-13-3-7-15(8-4-13)20-17(23)14-5-6-14/h3-4,7-8,14,21H,5-6,9-12H2,1-2H3,(H,19,22)(H,20,23). The molecule has 0 aliphatic heterocycles. The first-order valence-corrected chi connectivity index (χ1v) is 8.17. The maximum Gasteiger partial charge on any atom is 0.227 e. The van der Waals surface area contributed by atoms with Gasteiger partial charge in [0.1, 0.15) is 0 Å². The van der Waals surface area contributed by atoms with Gasteiger partial charge in [0.2, 0.25) is 11.8 Å². The fourth-order valence-corrected chi connectivity index (χ4v) is 2.27. The zero-order valence-electron chi connectivity index (χ0n) is 13.9. The number of benzene rings is 1. The van der Waals surface area contributed by atoms with E-state index < -0.39 is 0 Å². The SMILES string of the molecule is CC(C)(CCO)CNC(=O)Cc1ccc(NC(=O)C2CC2)cc1. The Hall–Kier alpha value is -1.88. The molecule has 126 valence electrons. The second kappa shape index (κ2) is 7.59. The molecule has 23 heavy (non-hydrogen) atoms. The van der Waals surface area contributed by atoms with Crippen molar-refractivity contribution in [1.82, 2.24) is 5.32 Å². The van der Waals surface area contributed by atoms with Crippen molar-refractivity contribution in [2.75, 3.05) is 18.5 Å². The molecule has 2 rings (SSSR count). The largest absolute Gasteiger partial charge is 0.396 e. The van der Waals surface area contributed by atoms with E-state index in [0.717, 1.165) is 24.1 Å². The fourth-order valence-electron chi connectivity index (χ4n) is 2.27. The van der Waals surface area contributed by atoms with Crippen LogP contribution in [0, 0.1) is 11.3 Å². The van der Waals surface area contributed by atoms with Gasteiger partial charge in [0, 0.05) is 24.8 Å². The highest BCUT2D eigenvalue weighted by Gasteiger charge is 2.29. The number of carbonyl (C=O) groups excluding carboxylic acids is 2. The summed E-state index contributed by atoms with van der Waals surface area (Å²) in [5.74, 6) is 0.232. The number of anilines is 1. The van der Waals surface area contributed by atoms with Gasteiger partial charge in [-0.2, -0.15) is 0 Å². The highest BCUT2D eigenvalue weighted by atomic mass is 16.3. The predicted octanol–water partition coefficient (Wildman–Crippen LogP) is 2.10. The third kappa shape index (κ3) is 6.02. The number of hydrogen-bond donors (Lipinski definition) is 3. The summed E-state index contributed by atoms with van der Waals surface area (Å²) in [6.45, 7) is 4.69. The van der Waals surface area contributed by atoms with Gasteiger partial charge in [-0.3, -0.25) is 9.59 Å². The van der Waals surface area contributed by atoms with E-state index in [1.54, 1.807) is 0 Å². The van der Waals surface area contributed by atoms with E-state index in [4.69, 9.17) is 5.11 Å². The normalized spacial score (nSPS) is 14.4. The minimum absolute atomic E-state index is 0.0363. The van der Waals surface area contributed by atoms with Gasteiger partial charge in [-0.05, 0) is 42.4 Å². The zero-order chi connectivity index (χ0) is 16.9. The Bertz CT molecular complexity index is 548. The highest BCUT2D eigenvalue weighted by Crippen LogP contribution is 2.30. The molecule has 2 amide bonds. The van der Waals surface area contributed by atoms with Crippen LogP contribution in [0.1, 0.15) is 38.7 Å². The summed E-state index contributed by atoms with van der Waals surface area (Å²) >= 11 is 0. The second-order valence-electron chi connectivity index (χ2n) is 7.05. The van der Waals surface area contributed by atoms with Crippen molar-refractivity contribution >= 4 is 17.5 Å². The molecule has 0 radical (unpaired) electrons. The Morgan fingerprint density at radius 1 is 1.22 bits per heavy atom. The number of aliphatic hydroxyl groups excluding tert-OH is 1. The van der Waals surface area contributed by atoms with Crippen molar-refractivity contribution in [2.24, 2.45) is 11.3 Å². The molecular formula is C18H26N2O3. The summed E-state index contributed by atoms with van der Waals surface area (Å²) in [6.07, 6.45) is 2.93. The molecule has 1 aliphatic rings.